The van der Waals surface area contributed by atoms with E-state index in [9.17, 15) is 9.59 Å². The molecule has 0 aromatic heterocycles. The van der Waals surface area contributed by atoms with Gasteiger partial charge in [-0.2, -0.15) is 0 Å². The third kappa shape index (κ3) is 5.58. The van der Waals surface area contributed by atoms with Crippen molar-refractivity contribution in [3.05, 3.63) is 29.8 Å². The number of rotatable bonds is 7. The monoisotopic (exact) mass is 318 g/mol. The minimum absolute atomic E-state index is 0.00738. The first-order valence-electron chi connectivity index (χ1n) is 8.29. The van der Waals surface area contributed by atoms with E-state index in [2.05, 4.69) is 5.32 Å². The number of carbonyl (C=O) groups excluding carboxylic acids is 2. The standard InChI is InChI=1S/C18H26N2O3/c1-14-7-9-17(10-8-14)23-13-18(22)19-11-12-20(15(2)21)16-5-3-4-6-16/h7-10,16H,3-6,11-13H2,1-2H3,(H,19,22). The predicted octanol–water partition coefficient (Wildman–Crippen LogP) is 2.28. The molecule has 1 aromatic rings. The largest absolute Gasteiger partial charge is 0.484 e. The molecule has 0 heterocycles. The minimum atomic E-state index is -0.166. The van der Waals surface area contributed by atoms with Crippen molar-refractivity contribution in [1.29, 1.82) is 0 Å². The molecule has 0 bridgehead atoms. The lowest BCUT2D eigenvalue weighted by Crippen LogP contribution is -2.43. The maximum atomic E-state index is 11.8. The molecule has 23 heavy (non-hydrogen) atoms. The van der Waals surface area contributed by atoms with Crippen LogP contribution in [0.5, 0.6) is 5.75 Å². The molecule has 1 fully saturated rings. The Balaban J connectivity index is 1.68. The number of benzene rings is 1. The third-order valence-corrected chi connectivity index (χ3v) is 4.24. The summed E-state index contributed by atoms with van der Waals surface area (Å²) in [5.41, 5.74) is 1.15. The Morgan fingerprint density at radius 1 is 1.22 bits per heavy atom. The van der Waals surface area contributed by atoms with Crippen LogP contribution in [0.4, 0.5) is 0 Å². The lowest BCUT2D eigenvalue weighted by atomic mass is 10.2. The molecule has 0 radical (unpaired) electrons. The van der Waals surface area contributed by atoms with Crippen LogP contribution in [0.1, 0.15) is 38.2 Å². The van der Waals surface area contributed by atoms with Crippen molar-refractivity contribution in [2.24, 2.45) is 0 Å². The van der Waals surface area contributed by atoms with E-state index in [1.54, 1.807) is 6.92 Å². The number of hydrogen-bond donors (Lipinski definition) is 1. The van der Waals surface area contributed by atoms with E-state index in [4.69, 9.17) is 4.74 Å². The fourth-order valence-electron chi connectivity index (χ4n) is 2.96. The van der Waals surface area contributed by atoms with Crippen molar-refractivity contribution >= 4 is 11.8 Å². The van der Waals surface area contributed by atoms with E-state index < -0.39 is 0 Å². The second-order valence-electron chi connectivity index (χ2n) is 6.10. The first kappa shape index (κ1) is 17.3. The van der Waals surface area contributed by atoms with Gasteiger partial charge < -0.3 is 15.0 Å². The summed E-state index contributed by atoms with van der Waals surface area (Å²) in [6.07, 6.45) is 4.52. The van der Waals surface area contributed by atoms with Crippen LogP contribution >= 0.6 is 0 Å². The van der Waals surface area contributed by atoms with E-state index in [-0.39, 0.29) is 18.4 Å². The Labute approximate surface area is 138 Å². The lowest BCUT2D eigenvalue weighted by Gasteiger charge is -2.27. The summed E-state index contributed by atoms with van der Waals surface area (Å²) in [7, 11) is 0. The van der Waals surface area contributed by atoms with Gasteiger partial charge in [0.2, 0.25) is 5.91 Å². The lowest BCUT2D eigenvalue weighted by molar-refractivity contribution is -0.131. The fourth-order valence-corrected chi connectivity index (χ4v) is 2.96. The molecule has 0 aliphatic heterocycles. The highest BCUT2D eigenvalue weighted by Crippen LogP contribution is 2.23. The van der Waals surface area contributed by atoms with Gasteiger partial charge in [0.05, 0.1) is 0 Å². The van der Waals surface area contributed by atoms with Crippen molar-refractivity contribution in [2.45, 2.75) is 45.6 Å². The second kappa shape index (κ2) is 8.56. The molecule has 126 valence electrons. The van der Waals surface area contributed by atoms with Crippen LogP contribution in [0.15, 0.2) is 24.3 Å². The molecule has 2 amide bonds. The van der Waals surface area contributed by atoms with Crippen molar-refractivity contribution in [1.82, 2.24) is 10.2 Å². The molecule has 2 rings (SSSR count). The van der Waals surface area contributed by atoms with Gasteiger partial charge >= 0.3 is 0 Å². The normalized spacial score (nSPS) is 14.5. The number of aryl methyl sites for hydroxylation is 1. The minimum Gasteiger partial charge on any atom is -0.484 e. The molecule has 1 aromatic carbocycles. The SMILES string of the molecule is CC(=O)N(CCNC(=O)COc1ccc(C)cc1)C1CCCC1. The number of nitrogens with zero attached hydrogens (tertiary/aromatic N) is 1. The molecular formula is C18H26N2O3. The van der Waals surface area contributed by atoms with E-state index in [1.807, 2.05) is 36.1 Å². The van der Waals surface area contributed by atoms with Gasteiger partial charge in [0.15, 0.2) is 6.61 Å². The number of hydrogen-bond acceptors (Lipinski definition) is 3. The van der Waals surface area contributed by atoms with Crippen molar-refractivity contribution in [2.75, 3.05) is 19.7 Å². The Morgan fingerprint density at radius 2 is 1.87 bits per heavy atom. The van der Waals surface area contributed by atoms with Gasteiger partial charge in [-0.1, -0.05) is 30.5 Å². The summed E-state index contributed by atoms with van der Waals surface area (Å²) in [6, 6.07) is 7.92. The van der Waals surface area contributed by atoms with Crippen LogP contribution in [-0.4, -0.2) is 42.5 Å². The van der Waals surface area contributed by atoms with Crippen LogP contribution in [-0.2, 0) is 9.59 Å². The van der Waals surface area contributed by atoms with Crippen LogP contribution < -0.4 is 10.1 Å². The Kier molecular flexibility index (Phi) is 6.44. The summed E-state index contributed by atoms with van der Waals surface area (Å²) in [6.45, 7) is 4.62. The summed E-state index contributed by atoms with van der Waals surface area (Å²) >= 11 is 0. The van der Waals surface area contributed by atoms with Gasteiger partial charge in [-0.15, -0.1) is 0 Å². The van der Waals surface area contributed by atoms with Crippen molar-refractivity contribution in [3.8, 4) is 5.75 Å². The summed E-state index contributed by atoms with van der Waals surface area (Å²) in [5, 5.41) is 2.82. The van der Waals surface area contributed by atoms with Crippen molar-refractivity contribution in [3.63, 3.8) is 0 Å². The zero-order chi connectivity index (χ0) is 16.7. The second-order valence-corrected chi connectivity index (χ2v) is 6.10. The van der Waals surface area contributed by atoms with Gasteiger partial charge in [-0.05, 0) is 31.9 Å². The van der Waals surface area contributed by atoms with E-state index in [0.29, 0.717) is 24.9 Å². The molecular weight excluding hydrogens is 292 g/mol. The van der Waals surface area contributed by atoms with Gasteiger partial charge in [0.1, 0.15) is 5.75 Å². The van der Waals surface area contributed by atoms with Crippen LogP contribution in [0.3, 0.4) is 0 Å². The van der Waals surface area contributed by atoms with E-state index in [1.165, 1.54) is 12.8 Å². The highest BCUT2D eigenvalue weighted by Gasteiger charge is 2.24. The first-order chi connectivity index (χ1) is 11.1. The molecule has 0 saturated heterocycles. The quantitative estimate of drug-likeness (QED) is 0.839. The Bertz CT molecular complexity index is 522. The summed E-state index contributed by atoms with van der Waals surface area (Å²) in [4.78, 5) is 25.4. The maximum Gasteiger partial charge on any atom is 0.258 e. The average molecular weight is 318 g/mol. The van der Waals surface area contributed by atoms with E-state index in [0.717, 1.165) is 18.4 Å². The molecule has 1 aliphatic carbocycles. The topological polar surface area (TPSA) is 58.6 Å². The number of nitrogens with one attached hydrogen (secondary N) is 1. The predicted molar refractivity (Wildman–Crippen MR) is 89.3 cm³/mol. The third-order valence-electron chi connectivity index (χ3n) is 4.24. The van der Waals surface area contributed by atoms with Crippen LogP contribution in [0.25, 0.3) is 0 Å². The molecule has 1 aliphatic rings. The molecule has 1 saturated carbocycles. The van der Waals surface area contributed by atoms with Crippen LogP contribution in [0.2, 0.25) is 0 Å². The summed E-state index contributed by atoms with van der Waals surface area (Å²) in [5.74, 6) is 0.602. The number of amides is 2. The van der Waals surface area contributed by atoms with Gasteiger partial charge in [-0.25, -0.2) is 0 Å². The smallest absolute Gasteiger partial charge is 0.258 e. The average Bonchev–Trinajstić information content (AvgIpc) is 3.04. The zero-order valence-corrected chi connectivity index (χ0v) is 14.0. The fraction of sp³-hybridized carbons (Fsp3) is 0.556. The molecule has 0 spiro atoms. The Morgan fingerprint density at radius 3 is 2.48 bits per heavy atom. The first-order valence-corrected chi connectivity index (χ1v) is 8.29. The van der Waals surface area contributed by atoms with Crippen molar-refractivity contribution < 1.29 is 14.3 Å². The molecule has 0 unspecified atom stereocenters. The Hall–Kier alpha value is -2.04. The van der Waals surface area contributed by atoms with Crippen LogP contribution in [0, 0.1) is 6.92 Å². The highest BCUT2D eigenvalue weighted by atomic mass is 16.5. The molecule has 5 nitrogen and oxygen atoms in total. The number of carbonyl (C=O) groups is 2. The summed E-state index contributed by atoms with van der Waals surface area (Å²) < 4.78 is 5.43. The van der Waals surface area contributed by atoms with Gasteiger partial charge in [0.25, 0.3) is 5.91 Å². The van der Waals surface area contributed by atoms with Gasteiger partial charge in [-0.3, -0.25) is 9.59 Å². The molecule has 5 heteroatoms. The van der Waals surface area contributed by atoms with Gasteiger partial charge in [0, 0.05) is 26.1 Å². The highest BCUT2D eigenvalue weighted by molar-refractivity contribution is 5.77. The maximum absolute atomic E-state index is 11.8. The van der Waals surface area contributed by atoms with E-state index >= 15 is 0 Å². The number of ether oxygens (including phenoxy) is 1. The molecule has 1 N–H and O–H groups in total. The zero-order valence-electron chi connectivity index (χ0n) is 14.0. The molecule has 0 atom stereocenters.